The Morgan fingerprint density at radius 1 is 1.27 bits per heavy atom. The third kappa shape index (κ3) is 3.20. The molecule has 1 aromatic carbocycles. The van der Waals surface area contributed by atoms with Crippen LogP contribution in [0.15, 0.2) is 42.7 Å². The lowest BCUT2D eigenvalue weighted by atomic mass is 9.71. The summed E-state index contributed by atoms with van der Waals surface area (Å²) in [7, 11) is 0. The molecule has 0 radical (unpaired) electrons. The molecule has 2 aromatic rings. The lowest BCUT2D eigenvalue weighted by molar-refractivity contribution is -0.119. The van der Waals surface area contributed by atoms with Crippen molar-refractivity contribution in [2.24, 2.45) is 5.41 Å². The fraction of sp³-hybridized carbons (Fsp3) is 0.350. The number of benzene rings is 1. The molecule has 2 N–H and O–H groups in total. The number of carbonyl (C=O) groups is 2. The van der Waals surface area contributed by atoms with E-state index in [1.54, 1.807) is 24.5 Å². The average molecular weight is 351 g/mol. The van der Waals surface area contributed by atoms with Crippen LogP contribution in [0.25, 0.3) is 0 Å². The number of amides is 2. The predicted octanol–water partition coefficient (Wildman–Crippen LogP) is 2.11. The van der Waals surface area contributed by atoms with E-state index in [1.165, 1.54) is 5.56 Å². The zero-order valence-electron chi connectivity index (χ0n) is 14.4. The number of carbonyl (C=O) groups excluding carboxylic acids is 2. The lowest BCUT2D eigenvalue weighted by Gasteiger charge is -2.33. The van der Waals surface area contributed by atoms with Crippen LogP contribution >= 0.6 is 0 Å². The Balaban J connectivity index is 1.49. The van der Waals surface area contributed by atoms with Gasteiger partial charge in [0, 0.05) is 36.3 Å². The van der Waals surface area contributed by atoms with Gasteiger partial charge in [0.1, 0.15) is 0 Å². The molecule has 0 saturated carbocycles. The van der Waals surface area contributed by atoms with Crippen molar-refractivity contribution in [2.75, 3.05) is 6.54 Å². The van der Waals surface area contributed by atoms with Gasteiger partial charge in [-0.05, 0) is 54.2 Å². The number of hydrogen-bond acceptors (Lipinski definition) is 4. The summed E-state index contributed by atoms with van der Waals surface area (Å²) in [6.07, 6.45) is 6.50. The molecule has 2 amide bonds. The minimum Gasteiger partial charge on any atom is -0.356 e. The van der Waals surface area contributed by atoms with Gasteiger partial charge in [0.2, 0.25) is 5.91 Å². The van der Waals surface area contributed by atoms with E-state index >= 15 is 0 Å². The fourth-order valence-corrected chi connectivity index (χ4v) is 4.00. The van der Waals surface area contributed by atoms with Crippen molar-refractivity contribution >= 4 is 11.8 Å². The molecule has 1 aliphatic heterocycles. The number of rotatable bonds is 3. The second-order valence-corrected chi connectivity index (χ2v) is 7.34. The molecule has 4 rings (SSSR count). The highest BCUT2D eigenvalue weighted by atomic mass is 16.5. The minimum atomic E-state index is -0.422. The number of pyridine rings is 1. The SMILES string of the molecule is O=C1C[C@]2(CCc3cc(C(=O)N(O)Cc4cccnc4)ccc3C2)CN1. The summed E-state index contributed by atoms with van der Waals surface area (Å²) < 4.78 is 0. The Bertz CT molecular complexity index is 853. The monoisotopic (exact) mass is 351 g/mol. The number of nitrogens with one attached hydrogen (secondary N) is 1. The van der Waals surface area contributed by atoms with Crippen molar-refractivity contribution < 1.29 is 14.8 Å². The number of fused-ring (bicyclic) bond motifs is 1. The average Bonchev–Trinajstić information content (AvgIpc) is 3.01. The molecule has 2 heterocycles. The molecule has 1 aliphatic carbocycles. The van der Waals surface area contributed by atoms with Crippen LogP contribution < -0.4 is 5.32 Å². The first kappa shape index (κ1) is 16.7. The van der Waals surface area contributed by atoms with Crippen LogP contribution in [0.1, 0.15) is 39.9 Å². The molecule has 134 valence electrons. The Hall–Kier alpha value is -2.73. The molecule has 2 aliphatic rings. The summed E-state index contributed by atoms with van der Waals surface area (Å²) in [6.45, 7) is 0.835. The first-order valence-corrected chi connectivity index (χ1v) is 8.83. The van der Waals surface area contributed by atoms with E-state index in [0.29, 0.717) is 12.0 Å². The number of aryl methyl sites for hydroxylation is 1. The van der Waals surface area contributed by atoms with E-state index in [2.05, 4.69) is 10.3 Å². The van der Waals surface area contributed by atoms with Crippen LogP contribution in [-0.2, 0) is 24.2 Å². The summed E-state index contributed by atoms with van der Waals surface area (Å²) in [5.74, 6) is -0.291. The van der Waals surface area contributed by atoms with Gasteiger partial charge in [0.15, 0.2) is 0 Å². The number of hydroxylamine groups is 2. The Labute approximate surface area is 151 Å². The van der Waals surface area contributed by atoms with Gasteiger partial charge >= 0.3 is 0 Å². The molecule has 0 unspecified atom stereocenters. The maximum atomic E-state index is 12.5. The van der Waals surface area contributed by atoms with E-state index in [4.69, 9.17) is 0 Å². The highest BCUT2D eigenvalue weighted by Crippen LogP contribution is 2.40. The van der Waals surface area contributed by atoms with Gasteiger partial charge in [-0.3, -0.25) is 19.8 Å². The number of hydrogen-bond donors (Lipinski definition) is 2. The highest BCUT2D eigenvalue weighted by Gasteiger charge is 2.40. The Morgan fingerprint density at radius 2 is 2.15 bits per heavy atom. The zero-order valence-corrected chi connectivity index (χ0v) is 14.4. The van der Waals surface area contributed by atoms with Crippen LogP contribution in [0.4, 0.5) is 0 Å². The van der Waals surface area contributed by atoms with E-state index in [1.807, 2.05) is 18.2 Å². The van der Waals surface area contributed by atoms with E-state index < -0.39 is 5.91 Å². The third-order valence-corrected chi connectivity index (χ3v) is 5.43. The topological polar surface area (TPSA) is 82.5 Å². The van der Waals surface area contributed by atoms with E-state index in [-0.39, 0.29) is 17.9 Å². The Kier molecular flexibility index (Phi) is 4.20. The van der Waals surface area contributed by atoms with E-state index in [9.17, 15) is 14.8 Å². The summed E-state index contributed by atoms with van der Waals surface area (Å²) in [5, 5.41) is 13.8. The molecule has 1 fully saturated rings. The maximum Gasteiger partial charge on any atom is 0.277 e. The standard InChI is InChI=1S/C20H21N3O3/c24-18-10-20(13-22-18)6-5-15-8-16(3-4-17(15)9-20)19(25)23(26)12-14-2-1-7-21-11-14/h1-4,7-8,11,26H,5-6,9-10,12-13H2,(H,22,24)/t20-/m1/s1. The van der Waals surface area contributed by atoms with Crippen LogP contribution in [0.5, 0.6) is 0 Å². The normalized spacial score (nSPS) is 21.3. The maximum absolute atomic E-state index is 12.5. The third-order valence-electron chi connectivity index (χ3n) is 5.43. The van der Waals surface area contributed by atoms with Crippen molar-refractivity contribution in [3.8, 4) is 0 Å². The molecular formula is C20H21N3O3. The van der Waals surface area contributed by atoms with Gasteiger partial charge < -0.3 is 5.32 Å². The molecule has 6 nitrogen and oxygen atoms in total. The predicted molar refractivity (Wildman–Crippen MR) is 94.4 cm³/mol. The molecule has 6 heteroatoms. The number of aromatic nitrogens is 1. The van der Waals surface area contributed by atoms with Gasteiger partial charge in [-0.2, -0.15) is 0 Å². The van der Waals surface area contributed by atoms with Gasteiger partial charge in [0.25, 0.3) is 5.91 Å². The van der Waals surface area contributed by atoms with Crippen LogP contribution in [-0.4, -0.2) is 33.6 Å². The second-order valence-electron chi connectivity index (χ2n) is 7.34. The van der Waals surface area contributed by atoms with Crippen LogP contribution in [0.2, 0.25) is 0 Å². The fourth-order valence-electron chi connectivity index (χ4n) is 4.00. The van der Waals surface area contributed by atoms with Crippen molar-refractivity contribution in [1.29, 1.82) is 0 Å². The lowest BCUT2D eigenvalue weighted by Crippen LogP contribution is -2.31. The highest BCUT2D eigenvalue weighted by molar-refractivity contribution is 5.93. The minimum absolute atomic E-state index is 0.0267. The molecule has 1 spiro atoms. The van der Waals surface area contributed by atoms with Gasteiger partial charge in [-0.25, -0.2) is 5.06 Å². The molecule has 1 saturated heterocycles. The van der Waals surface area contributed by atoms with E-state index in [0.717, 1.165) is 42.0 Å². The summed E-state index contributed by atoms with van der Waals surface area (Å²) in [6, 6.07) is 9.18. The van der Waals surface area contributed by atoms with Crippen LogP contribution in [0, 0.1) is 5.41 Å². The number of nitrogens with zero attached hydrogens (tertiary/aromatic N) is 2. The molecular weight excluding hydrogens is 330 g/mol. The Morgan fingerprint density at radius 3 is 2.88 bits per heavy atom. The van der Waals surface area contributed by atoms with Crippen molar-refractivity contribution in [2.45, 2.75) is 32.2 Å². The first-order valence-electron chi connectivity index (χ1n) is 8.83. The molecule has 1 aromatic heterocycles. The zero-order chi connectivity index (χ0) is 18.1. The summed E-state index contributed by atoms with van der Waals surface area (Å²) in [5.41, 5.74) is 3.60. The van der Waals surface area contributed by atoms with Gasteiger partial charge in [0.05, 0.1) is 6.54 Å². The second kappa shape index (κ2) is 6.53. The van der Waals surface area contributed by atoms with Crippen molar-refractivity contribution in [3.63, 3.8) is 0 Å². The quantitative estimate of drug-likeness (QED) is 0.655. The molecule has 0 bridgehead atoms. The summed E-state index contributed by atoms with van der Waals surface area (Å²) in [4.78, 5) is 28.1. The molecule has 26 heavy (non-hydrogen) atoms. The molecule has 1 atom stereocenters. The van der Waals surface area contributed by atoms with Crippen molar-refractivity contribution in [3.05, 3.63) is 65.0 Å². The largest absolute Gasteiger partial charge is 0.356 e. The van der Waals surface area contributed by atoms with Crippen molar-refractivity contribution in [1.82, 2.24) is 15.4 Å². The first-order chi connectivity index (χ1) is 12.5. The van der Waals surface area contributed by atoms with Gasteiger partial charge in [-0.1, -0.05) is 12.1 Å². The van der Waals surface area contributed by atoms with Gasteiger partial charge in [-0.15, -0.1) is 0 Å². The van der Waals surface area contributed by atoms with Crippen LogP contribution in [0.3, 0.4) is 0 Å². The smallest absolute Gasteiger partial charge is 0.277 e. The summed E-state index contributed by atoms with van der Waals surface area (Å²) >= 11 is 0.